The largest absolute Gasteiger partial charge is 0.261 e. The van der Waals surface area contributed by atoms with Gasteiger partial charge in [-0.2, -0.15) is 0 Å². The van der Waals surface area contributed by atoms with Gasteiger partial charge in [-0.1, -0.05) is 13.0 Å². The highest BCUT2D eigenvalue weighted by atomic mass is 127. The summed E-state index contributed by atoms with van der Waals surface area (Å²) in [5, 5.41) is 0. The molecule has 1 heterocycles. The minimum absolute atomic E-state index is 0.646. The molecule has 2 heteroatoms. The lowest BCUT2D eigenvalue weighted by Gasteiger charge is -2.17. The molecule has 0 radical (unpaired) electrons. The highest BCUT2D eigenvalue weighted by Gasteiger charge is 2.15. The Balaban J connectivity index is 2.49. The van der Waals surface area contributed by atoms with Crippen molar-refractivity contribution in [1.29, 1.82) is 0 Å². The van der Waals surface area contributed by atoms with E-state index in [2.05, 4.69) is 46.6 Å². The maximum atomic E-state index is 4.36. The Morgan fingerprint density at radius 2 is 2.42 bits per heavy atom. The normalized spacial score (nSPS) is 21.5. The monoisotopic (exact) mass is 271 g/mol. The van der Waals surface area contributed by atoms with Gasteiger partial charge in [0.15, 0.2) is 0 Å². The Hall–Kier alpha value is -0.380. The molecular formula is C10H10IN. The number of aromatic nitrogens is 1. The van der Waals surface area contributed by atoms with E-state index >= 15 is 0 Å². The number of pyridine rings is 1. The Morgan fingerprint density at radius 3 is 3.25 bits per heavy atom. The molecule has 1 unspecified atom stereocenters. The van der Waals surface area contributed by atoms with Gasteiger partial charge in [-0.25, -0.2) is 0 Å². The summed E-state index contributed by atoms with van der Waals surface area (Å²) in [5.41, 5.74) is 2.53. The lowest BCUT2D eigenvalue weighted by Crippen LogP contribution is -2.07. The SMILES string of the molecule is CC1Cc2ncccc2C=C1I. The van der Waals surface area contributed by atoms with Crippen LogP contribution in [0.2, 0.25) is 0 Å². The molecule has 1 aliphatic rings. The van der Waals surface area contributed by atoms with Crippen molar-refractivity contribution >= 4 is 28.7 Å². The minimum Gasteiger partial charge on any atom is -0.261 e. The first-order valence-electron chi connectivity index (χ1n) is 4.08. The minimum atomic E-state index is 0.646. The molecule has 1 nitrogen and oxygen atoms in total. The van der Waals surface area contributed by atoms with Crippen molar-refractivity contribution in [2.24, 2.45) is 5.92 Å². The molecule has 1 atom stereocenters. The van der Waals surface area contributed by atoms with E-state index < -0.39 is 0 Å². The molecule has 0 bridgehead atoms. The molecule has 0 aromatic carbocycles. The van der Waals surface area contributed by atoms with Gasteiger partial charge >= 0.3 is 0 Å². The van der Waals surface area contributed by atoms with Crippen LogP contribution in [0.15, 0.2) is 21.9 Å². The number of rotatable bonds is 0. The van der Waals surface area contributed by atoms with E-state index in [-0.39, 0.29) is 0 Å². The van der Waals surface area contributed by atoms with Crippen molar-refractivity contribution in [2.75, 3.05) is 0 Å². The van der Waals surface area contributed by atoms with E-state index in [1.165, 1.54) is 14.8 Å². The van der Waals surface area contributed by atoms with Crippen molar-refractivity contribution < 1.29 is 0 Å². The second-order valence-electron chi connectivity index (χ2n) is 3.17. The molecule has 0 amide bonds. The third-order valence-corrected chi connectivity index (χ3v) is 3.56. The van der Waals surface area contributed by atoms with E-state index in [9.17, 15) is 0 Å². The molecule has 1 aliphatic carbocycles. The lowest BCUT2D eigenvalue weighted by molar-refractivity contribution is 0.694. The zero-order valence-corrected chi connectivity index (χ0v) is 9.08. The molecule has 0 saturated carbocycles. The Labute approximate surface area is 86.0 Å². The van der Waals surface area contributed by atoms with Crippen molar-refractivity contribution in [3.63, 3.8) is 0 Å². The molecule has 0 N–H and O–H groups in total. The van der Waals surface area contributed by atoms with Crippen molar-refractivity contribution in [2.45, 2.75) is 13.3 Å². The molecule has 62 valence electrons. The molecule has 0 spiro atoms. The second kappa shape index (κ2) is 3.17. The Kier molecular flexibility index (Phi) is 2.17. The van der Waals surface area contributed by atoms with Crippen LogP contribution in [-0.2, 0) is 6.42 Å². The molecule has 1 aromatic rings. The molecule has 0 aliphatic heterocycles. The summed E-state index contributed by atoms with van der Waals surface area (Å²) in [6.45, 7) is 2.25. The standard InChI is InChI=1S/C10H10IN/c1-7-5-10-8(6-9(7)11)3-2-4-12-10/h2-4,6-7H,5H2,1H3. The first-order chi connectivity index (χ1) is 5.77. The van der Waals surface area contributed by atoms with Crippen LogP contribution < -0.4 is 0 Å². The van der Waals surface area contributed by atoms with Crippen LogP contribution >= 0.6 is 22.6 Å². The van der Waals surface area contributed by atoms with Gasteiger partial charge in [-0.15, -0.1) is 0 Å². The van der Waals surface area contributed by atoms with E-state index in [0.29, 0.717) is 5.92 Å². The maximum absolute atomic E-state index is 4.36. The average molecular weight is 271 g/mol. The molecular weight excluding hydrogens is 261 g/mol. The molecule has 0 saturated heterocycles. The summed E-state index contributed by atoms with van der Waals surface area (Å²) < 4.78 is 1.44. The van der Waals surface area contributed by atoms with E-state index in [1.807, 2.05) is 12.3 Å². The fourth-order valence-corrected chi connectivity index (χ4v) is 1.99. The summed E-state index contributed by atoms with van der Waals surface area (Å²) >= 11 is 2.41. The number of halogens is 1. The number of hydrogen-bond acceptors (Lipinski definition) is 1. The van der Waals surface area contributed by atoms with Crippen molar-refractivity contribution in [3.05, 3.63) is 33.2 Å². The summed E-state index contributed by atoms with van der Waals surface area (Å²) in [7, 11) is 0. The van der Waals surface area contributed by atoms with Gasteiger partial charge in [0.05, 0.1) is 0 Å². The third-order valence-electron chi connectivity index (χ3n) is 2.19. The van der Waals surface area contributed by atoms with Gasteiger partial charge in [0.1, 0.15) is 0 Å². The van der Waals surface area contributed by atoms with Gasteiger partial charge in [0.2, 0.25) is 0 Å². The van der Waals surface area contributed by atoms with Crippen molar-refractivity contribution in [3.8, 4) is 0 Å². The number of allylic oxidation sites excluding steroid dienone is 1. The van der Waals surface area contributed by atoms with Crippen LogP contribution in [0.1, 0.15) is 18.2 Å². The number of fused-ring (bicyclic) bond motifs is 1. The molecule has 0 fully saturated rings. The van der Waals surface area contributed by atoms with Gasteiger partial charge in [-0.3, -0.25) is 4.98 Å². The highest BCUT2D eigenvalue weighted by molar-refractivity contribution is 14.1. The Morgan fingerprint density at radius 1 is 1.58 bits per heavy atom. The van der Waals surface area contributed by atoms with Gasteiger partial charge in [-0.05, 0) is 56.2 Å². The molecule has 2 rings (SSSR count). The van der Waals surface area contributed by atoms with Crippen LogP contribution in [0.3, 0.4) is 0 Å². The van der Waals surface area contributed by atoms with Crippen LogP contribution in [0, 0.1) is 5.92 Å². The maximum Gasteiger partial charge on any atom is 0.0482 e. The smallest absolute Gasteiger partial charge is 0.0482 e. The Bertz CT molecular complexity index is 330. The first-order valence-corrected chi connectivity index (χ1v) is 5.16. The topological polar surface area (TPSA) is 12.9 Å². The van der Waals surface area contributed by atoms with Crippen LogP contribution in [0.25, 0.3) is 6.08 Å². The second-order valence-corrected chi connectivity index (χ2v) is 4.42. The molecule has 12 heavy (non-hydrogen) atoms. The zero-order chi connectivity index (χ0) is 8.55. The summed E-state index contributed by atoms with van der Waals surface area (Å²) in [5.74, 6) is 0.646. The predicted molar refractivity (Wildman–Crippen MR) is 59.1 cm³/mol. The highest BCUT2D eigenvalue weighted by Crippen LogP contribution is 2.30. The van der Waals surface area contributed by atoms with Gasteiger partial charge in [0.25, 0.3) is 0 Å². The van der Waals surface area contributed by atoms with E-state index in [0.717, 1.165) is 6.42 Å². The van der Waals surface area contributed by atoms with Crippen LogP contribution in [-0.4, -0.2) is 4.98 Å². The lowest BCUT2D eigenvalue weighted by atomic mass is 9.95. The molecule has 1 aromatic heterocycles. The summed E-state index contributed by atoms with van der Waals surface area (Å²) in [4.78, 5) is 4.36. The van der Waals surface area contributed by atoms with Crippen molar-refractivity contribution in [1.82, 2.24) is 4.98 Å². The average Bonchev–Trinajstić information content (AvgIpc) is 2.07. The van der Waals surface area contributed by atoms with Crippen LogP contribution in [0.5, 0.6) is 0 Å². The summed E-state index contributed by atoms with van der Waals surface area (Å²) in [6, 6.07) is 4.13. The zero-order valence-electron chi connectivity index (χ0n) is 6.92. The van der Waals surface area contributed by atoms with Gasteiger partial charge < -0.3 is 0 Å². The predicted octanol–water partition coefficient (Wildman–Crippen LogP) is 3.05. The first kappa shape index (κ1) is 8.23. The number of hydrogen-bond donors (Lipinski definition) is 0. The fraction of sp³-hybridized carbons (Fsp3) is 0.300. The third kappa shape index (κ3) is 1.40. The summed E-state index contributed by atoms with van der Waals surface area (Å²) in [6.07, 6.45) is 5.19. The fourth-order valence-electron chi connectivity index (χ4n) is 1.43. The number of nitrogens with zero attached hydrogens (tertiary/aromatic N) is 1. The van der Waals surface area contributed by atoms with Crippen LogP contribution in [0.4, 0.5) is 0 Å². The van der Waals surface area contributed by atoms with E-state index in [4.69, 9.17) is 0 Å². The van der Waals surface area contributed by atoms with Gasteiger partial charge in [0, 0.05) is 11.9 Å². The quantitative estimate of drug-likeness (QED) is 0.661. The van der Waals surface area contributed by atoms with E-state index in [1.54, 1.807) is 0 Å².